The maximum Gasteiger partial charge on any atom is 0.115 e. The van der Waals surface area contributed by atoms with Crippen molar-refractivity contribution in [3.8, 4) is 17.1 Å². The number of phenols is 1. The van der Waals surface area contributed by atoms with Gasteiger partial charge >= 0.3 is 0 Å². The predicted octanol–water partition coefficient (Wildman–Crippen LogP) is 2.62. The average Bonchev–Trinajstić information content (AvgIpc) is 2.90. The predicted molar refractivity (Wildman–Crippen MR) is 88.1 cm³/mol. The molecule has 118 valence electrons. The van der Waals surface area contributed by atoms with Gasteiger partial charge < -0.3 is 14.8 Å². The third-order valence-corrected chi connectivity index (χ3v) is 3.61. The summed E-state index contributed by atoms with van der Waals surface area (Å²) in [5.41, 5.74) is 3.48. The van der Waals surface area contributed by atoms with Gasteiger partial charge in [-0.1, -0.05) is 18.2 Å². The zero-order valence-electron chi connectivity index (χ0n) is 12.9. The molecule has 0 spiro atoms. The standard InChI is InChI=1S/C18H19N3O2/c1-13(22)9-17-18(16-7-2-3-8-19-16)20-12-21(17)11-14-5-4-6-15(23)10-14/h2-8,10,12-13,22-23H,9,11H2,1H3. The normalized spacial score (nSPS) is 12.3. The summed E-state index contributed by atoms with van der Waals surface area (Å²) >= 11 is 0. The van der Waals surface area contributed by atoms with Gasteiger partial charge in [-0.05, 0) is 36.8 Å². The SMILES string of the molecule is CC(O)Cc1c(-c2ccccn2)ncn1Cc1cccc(O)c1. The number of nitrogens with zero attached hydrogens (tertiary/aromatic N) is 3. The first-order valence-corrected chi connectivity index (χ1v) is 7.55. The van der Waals surface area contributed by atoms with Gasteiger partial charge in [0.2, 0.25) is 0 Å². The Labute approximate surface area is 134 Å². The van der Waals surface area contributed by atoms with Crippen LogP contribution in [0.5, 0.6) is 5.75 Å². The molecule has 1 unspecified atom stereocenters. The van der Waals surface area contributed by atoms with Crippen molar-refractivity contribution in [1.82, 2.24) is 14.5 Å². The van der Waals surface area contributed by atoms with Gasteiger partial charge in [0, 0.05) is 24.9 Å². The number of benzene rings is 1. The van der Waals surface area contributed by atoms with Gasteiger partial charge in [-0.25, -0.2) is 4.98 Å². The monoisotopic (exact) mass is 309 g/mol. The van der Waals surface area contributed by atoms with Gasteiger partial charge in [0.1, 0.15) is 11.4 Å². The minimum absolute atomic E-state index is 0.240. The number of phenolic OH excluding ortho intramolecular Hbond substituents is 1. The quantitative estimate of drug-likeness (QED) is 0.760. The summed E-state index contributed by atoms with van der Waals surface area (Å²) in [5, 5.41) is 19.4. The van der Waals surface area contributed by atoms with Gasteiger partial charge in [-0.15, -0.1) is 0 Å². The molecule has 0 amide bonds. The van der Waals surface area contributed by atoms with E-state index in [1.54, 1.807) is 31.6 Å². The fourth-order valence-corrected chi connectivity index (χ4v) is 2.61. The second-order valence-corrected chi connectivity index (χ2v) is 5.61. The Kier molecular flexibility index (Phi) is 4.39. The fourth-order valence-electron chi connectivity index (χ4n) is 2.61. The summed E-state index contributed by atoms with van der Waals surface area (Å²) in [6.07, 6.45) is 3.50. The molecule has 0 saturated heterocycles. The van der Waals surface area contributed by atoms with Crippen molar-refractivity contribution in [2.24, 2.45) is 0 Å². The van der Waals surface area contributed by atoms with Crippen molar-refractivity contribution >= 4 is 0 Å². The van der Waals surface area contributed by atoms with Crippen LogP contribution in [0.25, 0.3) is 11.4 Å². The number of aromatic hydroxyl groups is 1. The molecule has 0 fully saturated rings. The van der Waals surface area contributed by atoms with E-state index < -0.39 is 6.10 Å². The Balaban J connectivity index is 1.98. The maximum atomic E-state index is 9.83. The molecule has 2 heterocycles. The lowest BCUT2D eigenvalue weighted by Crippen LogP contribution is -2.11. The molecule has 1 atom stereocenters. The van der Waals surface area contributed by atoms with E-state index in [1.165, 1.54) is 0 Å². The van der Waals surface area contributed by atoms with Crippen LogP contribution in [0.15, 0.2) is 55.0 Å². The first-order valence-electron chi connectivity index (χ1n) is 7.55. The zero-order chi connectivity index (χ0) is 16.2. The molecule has 3 rings (SSSR count). The first kappa shape index (κ1) is 15.2. The van der Waals surface area contributed by atoms with Crippen LogP contribution >= 0.6 is 0 Å². The Morgan fingerprint density at radius 1 is 1.13 bits per heavy atom. The van der Waals surface area contributed by atoms with Crippen LogP contribution in [0.1, 0.15) is 18.2 Å². The third kappa shape index (κ3) is 3.57. The lowest BCUT2D eigenvalue weighted by Gasteiger charge is -2.12. The van der Waals surface area contributed by atoms with Gasteiger partial charge in [-0.3, -0.25) is 4.98 Å². The molecule has 2 N–H and O–H groups in total. The molecule has 0 aliphatic carbocycles. The molecule has 3 aromatic rings. The molecule has 23 heavy (non-hydrogen) atoms. The zero-order valence-corrected chi connectivity index (χ0v) is 12.9. The van der Waals surface area contributed by atoms with Crippen molar-refractivity contribution in [3.63, 3.8) is 0 Å². The molecular weight excluding hydrogens is 290 g/mol. The van der Waals surface area contributed by atoms with Gasteiger partial charge in [0.05, 0.1) is 18.1 Å². The molecular formula is C18H19N3O2. The van der Waals surface area contributed by atoms with Crippen LogP contribution < -0.4 is 0 Å². The minimum atomic E-state index is -0.475. The van der Waals surface area contributed by atoms with E-state index in [0.717, 1.165) is 22.6 Å². The summed E-state index contributed by atoms with van der Waals surface area (Å²) in [4.78, 5) is 8.84. The van der Waals surface area contributed by atoms with Crippen LogP contribution in [-0.2, 0) is 13.0 Å². The molecule has 1 aromatic carbocycles. The van der Waals surface area contributed by atoms with Crippen LogP contribution in [0.4, 0.5) is 0 Å². The Hall–Kier alpha value is -2.66. The van der Waals surface area contributed by atoms with Gasteiger partial charge in [0.15, 0.2) is 0 Å². The van der Waals surface area contributed by atoms with E-state index in [4.69, 9.17) is 0 Å². The molecule has 2 aromatic heterocycles. The van der Waals surface area contributed by atoms with Crippen LogP contribution in [0, 0.1) is 0 Å². The lowest BCUT2D eigenvalue weighted by molar-refractivity contribution is 0.193. The highest BCUT2D eigenvalue weighted by atomic mass is 16.3. The Morgan fingerprint density at radius 2 is 2.00 bits per heavy atom. The van der Waals surface area contributed by atoms with Crippen LogP contribution in [0.3, 0.4) is 0 Å². The highest BCUT2D eigenvalue weighted by Gasteiger charge is 2.16. The highest BCUT2D eigenvalue weighted by Crippen LogP contribution is 2.23. The Morgan fingerprint density at radius 3 is 2.70 bits per heavy atom. The van der Waals surface area contributed by atoms with E-state index in [2.05, 4.69) is 9.97 Å². The van der Waals surface area contributed by atoms with Crippen LogP contribution in [-0.4, -0.2) is 30.9 Å². The summed E-state index contributed by atoms with van der Waals surface area (Å²) in [7, 11) is 0. The molecule has 0 radical (unpaired) electrons. The number of hydrogen-bond acceptors (Lipinski definition) is 4. The van der Waals surface area contributed by atoms with Crippen LogP contribution in [0.2, 0.25) is 0 Å². The summed E-state index contributed by atoms with van der Waals surface area (Å²) < 4.78 is 1.99. The highest BCUT2D eigenvalue weighted by molar-refractivity contribution is 5.57. The maximum absolute atomic E-state index is 9.83. The van der Waals surface area contributed by atoms with Gasteiger partial charge in [-0.2, -0.15) is 0 Å². The molecule has 5 heteroatoms. The average molecular weight is 309 g/mol. The number of imidazole rings is 1. The van der Waals surface area contributed by atoms with E-state index >= 15 is 0 Å². The largest absolute Gasteiger partial charge is 0.508 e. The van der Waals surface area contributed by atoms with E-state index in [1.807, 2.05) is 34.9 Å². The Bertz CT molecular complexity index is 782. The minimum Gasteiger partial charge on any atom is -0.508 e. The van der Waals surface area contributed by atoms with Crippen molar-refractivity contribution < 1.29 is 10.2 Å². The smallest absolute Gasteiger partial charge is 0.115 e. The van der Waals surface area contributed by atoms with E-state index in [9.17, 15) is 10.2 Å². The fraction of sp³-hybridized carbons (Fsp3) is 0.222. The number of aliphatic hydroxyl groups is 1. The molecule has 0 aliphatic rings. The summed E-state index contributed by atoms with van der Waals surface area (Å²) in [6.45, 7) is 2.34. The second kappa shape index (κ2) is 6.62. The molecule has 0 bridgehead atoms. The van der Waals surface area contributed by atoms with E-state index in [-0.39, 0.29) is 5.75 Å². The topological polar surface area (TPSA) is 71.2 Å². The molecule has 0 aliphatic heterocycles. The van der Waals surface area contributed by atoms with Crippen molar-refractivity contribution in [1.29, 1.82) is 0 Å². The summed E-state index contributed by atoms with van der Waals surface area (Å²) in [6, 6.07) is 12.8. The number of pyridine rings is 1. The second-order valence-electron chi connectivity index (χ2n) is 5.61. The van der Waals surface area contributed by atoms with Crippen molar-refractivity contribution in [2.75, 3.05) is 0 Å². The van der Waals surface area contributed by atoms with Crippen molar-refractivity contribution in [3.05, 3.63) is 66.2 Å². The van der Waals surface area contributed by atoms with E-state index in [0.29, 0.717) is 13.0 Å². The number of hydrogen-bond donors (Lipinski definition) is 2. The lowest BCUT2D eigenvalue weighted by atomic mass is 10.1. The molecule has 0 saturated carbocycles. The number of aromatic nitrogens is 3. The number of rotatable bonds is 5. The van der Waals surface area contributed by atoms with Gasteiger partial charge in [0.25, 0.3) is 0 Å². The number of aliphatic hydroxyl groups excluding tert-OH is 1. The van der Waals surface area contributed by atoms with Crippen molar-refractivity contribution in [2.45, 2.75) is 26.0 Å². The summed E-state index contributed by atoms with van der Waals surface area (Å²) in [5.74, 6) is 0.240. The first-order chi connectivity index (χ1) is 11.1. The molecule has 5 nitrogen and oxygen atoms in total. The third-order valence-electron chi connectivity index (χ3n) is 3.61.